The zero-order valence-corrected chi connectivity index (χ0v) is 16.5. The van der Waals surface area contributed by atoms with E-state index in [9.17, 15) is 9.59 Å². The number of aryl methyl sites for hydroxylation is 2. The number of amides is 2. The minimum atomic E-state index is -0.327. The van der Waals surface area contributed by atoms with E-state index in [0.29, 0.717) is 23.0 Å². The fraction of sp³-hybridized carbons (Fsp3) is 0.316. The SMILES string of the molecule is Cc1cc2n(n1)CCCN2C(=O)CCC(=O)Nc1cc(-c2ccc(Cl)cn2)no1. The molecule has 0 fully saturated rings. The maximum absolute atomic E-state index is 12.6. The molecule has 1 aliphatic heterocycles. The van der Waals surface area contributed by atoms with Gasteiger partial charge in [0.25, 0.3) is 0 Å². The lowest BCUT2D eigenvalue weighted by molar-refractivity contribution is -0.122. The third-order valence-corrected chi connectivity index (χ3v) is 4.76. The first kappa shape index (κ1) is 19.1. The Kier molecular flexibility index (Phi) is 5.30. The van der Waals surface area contributed by atoms with Crippen LogP contribution in [0, 0.1) is 6.92 Å². The number of aromatic nitrogens is 4. The van der Waals surface area contributed by atoms with Crippen LogP contribution in [0.2, 0.25) is 5.02 Å². The average molecular weight is 415 g/mol. The van der Waals surface area contributed by atoms with Gasteiger partial charge < -0.3 is 4.52 Å². The number of nitrogens with one attached hydrogen (secondary N) is 1. The quantitative estimate of drug-likeness (QED) is 0.687. The Labute approximate surface area is 171 Å². The Hall–Kier alpha value is -3.20. The monoisotopic (exact) mass is 414 g/mol. The molecule has 150 valence electrons. The van der Waals surface area contributed by atoms with Crippen LogP contribution in [0.5, 0.6) is 0 Å². The lowest BCUT2D eigenvalue weighted by atomic mass is 10.2. The highest BCUT2D eigenvalue weighted by Crippen LogP contribution is 2.23. The fourth-order valence-corrected chi connectivity index (χ4v) is 3.31. The first-order chi connectivity index (χ1) is 14.0. The molecule has 0 bridgehead atoms. The van der Waals surface area contributed by atoms with Gasteiger partial charge >= 0.3 is 0 Å². The summed E-state index contributed by atoms with van der Waals surface area (Å²) in [5.74, 6) is 0.548. The van der Waals surface area contributed by atoms with E-state index >= 15 is 0 Å². The zero-order chi connectivity index (χ0) is 20.4. The first-order valence-corrected chi connectivity index (χ1v) is 9.61. The summed E-state index contributed by atoms with van der Waals surface area (Å²) in [6, 6.07) is 6.85. The van der Waals surface area contributed by atoms with Crippen LogP contribution in [0.4, 0.5) is 11.7 Å². The second-order valence-electron chi connectivity index (χ2n) is 6.75. The van der Waals surface area contributed by atoms with Crippen molar-refractivity contribution in [2.75, 3.05) is 16.8 Å². The van der Waals surface area contributed by atoms with Crippen LogP contribution in [0.3, 0.4) is 0 Å². The predicted molar refractivity (Wildman–Crippen MR) is 107 cm³/mol. The van der Waals surface area contributed by atoms with Gasteiger partial charge in [-0.3, -0.25) is 24.8 Å². The van der Waals surface area contributed by atoms with Gasteiger partial charge in [0.1, 0.15) is 11.5 Å². The maximum atomic E-state index is 12.6. The van der Waals surface area contributed by atoms with Crippen LogP contribution in [0.25, 0.3) is 11.4 Å². The van der Waals surface area contributed by atoms with E-state index in [-0.39, 0.29) is 30.5 Å². The molecule has 4 rings (SSSR count). The van der Waals surface area contributed by atoms with E-state index in [2.05, 4.69) is 20.6 Å². The molecule has 3 aromatic rings. The largest absolute Gasteiger partial charge is 0.338 e. The smallest absolute Gasteiger partial charge is 0.231 e. The molecule has 2 amide bonds. The number of carbonyl (C=O) groups is 2. The molecule has 0 aliphatic carbocycles. The van der Waals surface area contributed by atoms with E-state index in [1.165, 1.54) is 6.20 Å². The molecular weight excluding hydrogens is 396 g/mol. The third kappa shape index (κ3) is 4.29. The van der Waals surface area contributed by atoms with Crippen molar-refractivity contribution in [3.05, 3.63) is 41.2 Å². The second-order valence-corrected chi connectivity index (χ2v) is 7.19. The van der Waals surface area contributed by atoms with Crippen LogP contribution >= 0.6 is 11.6 Å². The van der Waals surface area contributed by atoms with Crippen molar-refractivity contribution in [3.63, 3.8) is 0 Å². The molecule has 0 radical (unpaired) electrons. The highest BCUT2D eigenvalue weighted by Gasteiger charge is 2.24. The Morgan fingerprint density at radius 2 is 2.07 bits per heavy atom. The molecule has 0 spiro atoms. The summed E-state index contributed by atoms with van der Waals surface area (Å²) < 4.78 is 6.96. The molecule has 9 nitrogen and oxygen atoms in total. The highest BCUT2D eigenvalue weighted by molar-refractivity contribution is 6.30. The molecule has 0 saturated heterocycles. The molecule has 1 N–H and O–H groups in total. The van der Waals surface area contributed by atoms with E-state index < -0.39 is 0 Å². The van der Waals surface area contributed by atoms with Crippen molar-refractivity contribution < 1.29 is 14.1 Å². The summed E-state index contributed by atoms with van der Waals surface area (Å²) in [5, 5.41) is 11.4. The van der Waals surface area contributed by atoms with Crippen molar-refractivity contribution in [1.82, 2.24) is 19.9 Å². The molecule has 1 aliphatic rings. The number of hydrogen-bond acceptors (Lipinski definition) is 6. The van der Waals surface area contributed by atoms with Gasteiger partial charge in [0.15, 0.2) is 0 Å². The molecule has 29 heavy (non-hydrogen) atoms. The van der Waals surface area contributed by atoms with Gasteiger partial charge in [0.2, 0.25) is 17.7 Å². The number of rotatable bonds is 5. The van der Waals surface area contributed by atoms with Crippen LogP contribution in [-0.4, -0.2) is 38.3 Å². The van der Waals surface area contributed by atoms with Crippen molar-refractivity contribution in [1.29, 1.82) is 0 Å². The van der Waals surface area contributed by atoms with Crippen molar-refractivity contribution in [2.45, 2.75) is 32.7 Å². The normalized spacial score (nSPS) is 13.2. The Balaban J connectivity index is 1.33. The second kappa shape index (κ2) is 8.04. The molecular formula is C19H19ClN6O3. The minimum Gasteiger partial charge on any atom is -0.338 e. The third-order valence-electron chi connectivity index (χ3n) is 4.54. The van der Waals surface area contributed by atoms with E-state index in [0.717, 1.165) is 24.5 Å². The van der Waals surface area contributed by atoms with Gasteiger partial charge in [-0.1, -0.05) is 16.8 Å². The summed E-state index contributed by atoms with van der Waals surface area (Å²) in [5.41, 5.74) is 1.92. The van der Waals surface area contributed by atoms with E-state index in [1.807, 2.05) is 17.7 Å². The molecule has 10 heteroatoms. The zero-order valence-electron chi connectivity index (χ0n) is 15.8. The van der Waals surface area contributed by atoms with Gasteiger partial charge in [-0.05, 0) is 25.5 Å². The van der Waals surface area contributed by atoms with Gasteiger partial charge in [-0.2, -0.15) is 5.10 Å². The van der Waals surface area contributed by atoms with Crippen LogP contribution in [0.15, 0.2) is 35.0 Å². The van der Waals surface area contributed by atoms with Crippen LogP contribution in [0.1, 0.15) is 25.0 Å². The van der Waals surface area contributed by atoms with Gasteiger partial charge in [-0.15, -0.1) is 0 Å². The topological polar surface area (TPSA) is 106 Å². The number of anilines is 2. The van der Waals surface area contributed by atoms with Crippen LogP contribution < -0.4 is 10.2 Å². The van der Waals surface area contributed by atoms with E-state index in [1.54, 1.807) is 23.1 Å². The predicted octanol–water partition coefficient (Wildman–Crippen LogP) is 3.05. The summed E-state index contributed by atoms with van der Waals surface area (Å²) in [6.45, 7) is 3.32. The number of hydrogen-bond donors (Lipinski definition) is 1. The number of fused-ring (bicyclic) bond motifs is 1. The molecule has 3 aromatic heterocycles. The summed E-state index contributed by atoms with van der Waals surface area (Å²) in [4.78, 5) is 30.7. The summed E-state index contributed by atoms with van der Waals surface area (Å²) in [6.07, 6.45) is 2.47. The van der Waals surface area contributed by atoms with Gasteiger partial charge in [0.05, 0.1) is 16.4 Å². The molecule has 0 aromatic carbocycles. The maximum Gasteiger partial charge on any atom is 0.231 e. The Morgan fingerprint density at radius 1 is 1.21 bits per heavy atom. The van der Waals surface area contributed by atoms with Crippen LogP contribution in [-0.2, 0) is 16.1 Å². The molecule has 0 unspecified atom stereocenters. The standard InChI is InChI=1S/C19H19ClN6O3/c1-12-9-18-25(7-2-8-26(18)23-12)19(28)6-5-16(27)22-17-10-15(24-29-17)14-4-3-13(20)11-21-14/h3-4,9-11H,2,5-8H2,1H3,(H,22,27). The lowest BCUT2D eigenvalue weighted by Gasteiger charge is -2.27. The molecule has 0 atom stereocenters. The number of carbonyl (C=O) groups excluding carboxylic acids is 2. The Bertz CT molecular complexity index is 1040. The van der Waals surface area contributed by atoms with Crippen molar-refractivity contribution in [3.8, 4) is 11.4 Å². The minimum absolute atomic E-state index is 0.0394. The number of pyridine rings is 1. The van der Waals surface area contributed by atoms with Crippen molar-refractivity contribution in [2.24, 2.45) is 0 Å². The first-order valence-electron chi connectivity index (χ1n) is 9.23. The number of halogens is 1. The molecule has 0 saturated carbocycles. The number of nitrogens with zero attached hydrogens (tertiary/aromatic N) is 5. The van der Waals surface area contributed by atoms with Gasteiger partial charge in [-0.25, -0.2) is 4.68 Å². The van der Waals surface area contributed by atoms with Gasteiger partial charge in [0, 0.05) is 44.3 Å². The van der Waals surface area contributed by atoms with E-state index in [4.69, 9.17) is 16.1 Å². The average Bonchev–Trinajstić information content (AvgIpc) is 3.32. The van der Waals surface area contributed by atoms with Crippen molar-refractivity contribution >= 4 is 35.1 Å². The lowest BCUT2D eigenvalue weighted by Crippen LogP contribution is -2.37. The summed E-state index contributed by atoms with van der Waals surface area (Å²) >= 11 is 5.82. The highest BCUT2D eigenvalue weighted by atomic mass is 35.5. The Morgan fingerprint density at radius 3 is 2.86 bits per heavy atom. The fourth-order valence-electron chi connectivity index (χ4n) is 3.20. The molecule has 4 heterocycles. The summed E-state index contributed by atoms with van der Waals surface area (Å²) in [7, 11) is 0.